The molecule has 1 unspecified atom stereocenters. The third kappa shape index (κ3) is 3.52. The van der Waals surface area contributed by atoms with Crippen molar-refractivity contribution in [1.29, 1.82) is 0 Å². The lowest BCUT2D eigenvalue weighted by Crippen LogP contribution is -2.39. The molecular weight excluding hydrogens is 266 g/mol. The van der Waals surface area contributed by atoms with E-state index in [1.54, 1.807) is 6.33 Å². The van der Waals surface area contributed by atoms with Gasteiger partial charge in [0.1, 0.15) is 12.1 Å². The van der Waals surface area contributed by atoms with Gasteiger partial charge in [0.25, 0.3) is 0 Å². The molecular formula is C16H25N3O2. The number of hydrogen-bond donors (Lipinski definition) is 1. The van der Waals surface area contributed by atoms with Crippen LogP contribution in [0, 0.1) is 0 Å². The van der Waals surface area contributed by atoms with E-state index in [0.29, 0.717) is 18.5 Å². The van der Waals surface area contributed by atoms with Gasteiger partial charge in [0, 0.05) is 31.2 Å². The van der Waals surface area contributed by atoms with E-state index in [1.165, 1.54) is 32.1 Å². The maximum Gasteiger partial charge on any atom is 0.132 e. The summed E-state index contributed by atoms with van der Waals surface area (Å²) >= 11 is 0. The van der Waals surface area contributed by atoms with Gasteiger partial charge in [-0.1, -0.05) is 19.3 Å². The first kappa shape index (κ1) is 14.7. The standard InChI is InChI=1S/C16H25N3O2/c20-8-7-19(14-4-2-1-3-5-14)16-10-15(17-12-18-16)13-6-9-21-11-13/h10,12-14,20H,1-9,11H2. The molecule has 2 fully saturated rings. The Labute approximate surface area is 126 Å². The molecule has 1 saturated heterocycles. The third-order valence-electron chi connectivity index (χ3n) is 4.67. The Morgan fingerprint density at radius 1 is 1.19 bits per heavy atom. The van der Waals surface area contributed by atoms with Crippen molar-refractivity contribution in [3.8, 4) is 0 Å². The molecule has 0 bridgehead atoms. The van der Waals surface area contributed by atoms with E-state index in [9.17, 15) is 5.11 Å². The molecule has 0 amide bonds. The summed E-state index contributed by atoms with van der Waals surface area (Å²) in [5.74, 6) is 1.36. The van der Waals surface area contributed by atoms with E-state index in [1.807, 2.05) is 0 Å². The Bertz CT molecular complexity index is 443. The van der Waals surface area contributed by atoms with E-state index in [-0.39, 0.29) is 6.61 Å². The average Bonchev–Trinajstić information content (AvgIpc) is 3.08. The average molecular weight is 291 g/mol. The molecule has 1 aliphatic heterocycles. The predicted octanol–water partition coefficient (Wildman–Crippen LogP) is 2.11. The number of aromatic nitrogens is 2. The molecule has 5 heteroatoms. The van der Waals surface area contributed by atoms with E-state index in [2.05, 4.69) is 20.9 Å². The number of hydrogen-bond acceptors (Lipinski definition) is 5. The largest absolute Gasteiger partial charge is 0.395 e. The van der Waals surface area contributed by atoms with E-state index >= 15 is 0 Å². The van der Waals surface area contributed by atoms with Crippen LogP contribution < -0.4 is 4.90 Å². The summed E-state index contributed by atoms with van der Waals surface area (Å²) < 4.78 is 5.46. The smallest absolute Gasteiger partial charge is 0.132 e. The minimum Gasteiger partial charge on any atom is -0.395 e. The lowest BCUT2D eigenvalue weighted by Gasteiger charge is -2.35. The summed E-state index contributed by atoms with van der Waals surface area (Å²) in [5, 5.41) is 9.40. The highest BCUT2D eigenvalue weighted by Crippen LogP contribution is 2.29. The van der Waals surface area contributed by atoms with Crippen LogP contribution in [0.3, 0.4) is 0 Å². The Balaban J connectivity index is 1.79. The zero-order valence-electron chi connectivity index (χ0n) is 12.6. The lowest BCUT2D eigenvalue weighted by molar-refractivity contribution is 0.193. The molecule has 2 heterocycles. The normalized spacial score (nSPS) is 23.4. The van der Waals surface area contributed by atoms with Gasteiger partial charge in [-0.2, -0.15) is 0 Å². The molecule has 5 nitrogen and oxygen atoms in total. The van der Waals surface area contributed by atoms with Crippen molar-refractivity contribution in [1.82, 2.24) is 9.97 Å². The molecule has 21 heavy (non-hydrogen) atoms. The number of ether oxygens (including phenoxy) is 1. The van der Waals surface area contributed by atoms with Gasteiger partial charge in [-0.15, -0.1) is 0 Å². The fraction of sp³-hybridized carbons (Fsp3) is 0.750. The van der Waals surface area contributed by atoms with Crippen LogP contribution in [0.5, 0.6) is 0 Å². The molecule has 1 N–H and O–H groups in total. The SMILES string of the molecule is OCCN(c1cc(C2CCOC2)ncn1)C1CCCCC1. The molecule has 2 aliphatic rings. The van der Waals surface area contributed by atoms with Gasteiger partial charge in [0.15, 0.2) is 0 Å². The van der Waals surface area contributed by atoms with Crippen LogP contribution >= 0.6 is 0 Å². The first-order valence-corrected chi connectivity index (χ1v) is 8.15. The van der Waals surface area contributed by atoms with E-state index in [0.717, 1.165) is 31.1 Å². The molecule has 0 spiro atoms. The maximum absolute atomic E-state index is 9.40. The predicted molar refractivity (Wildman–Crippen MR) is 81.5 cm³/mol. The number of rotatable bonds is 5. The van der Waals surface area contributed by atoms with Crippen molar-refractivity contribution >= 4 is 5.82 Å². The number of aliphatic hydroxyl groups excluding tert-OH is 1. The highest BCUT2D eigenvalue weighted by molar-refractivity contribution is 5.41. The quantitative estimate of drug-likeness (QED) is 0.900. The third-order valence-corrected chi connectivity index (χ3v) is 4.67. The number of nitrogens with zero attached hydrogens (tertiary/aromatic N) is 3. The molecule has 1 atom stereocenters. The van der Waals surface area contributed by atoms with Crippen LogP contribution in [0.15, 0.2) is 12.4 Å². The topological polar surface area (TPSA) is 58.5 Å². The van der Waals surface area contributed by atoms with Crippen molar-refractivity contribution in [2.24, 2.45) is 0 Å². The molecule has 1 aromatic rings. The highest BCUT2D eigenvalue weighted by Gasteiger charge is 2.24. The van der Waals surface area contributed by atoms with Gasteiger partial charge in [-0.25, -0.2) is 9.97 Å². The van der Waals surface area contributed by atoms with Crippen LogP contribution in [0.2, 0.25) is 0 Å². The number of aliphatic hydroxyl groups is 1. The number of anilines is 1. The second kappa shape index (κ2) is 7.18. The minimum atomic E-state index is 0.169. The summed E-state index contributed by atoms with van der Waals surface area (Å²) in [6.45, 7) is 2.41. The second-order valence-electron chi connectivity index (χ2n) is 6.07. The van der Waals surface area contributed by atoms with Gasteiger partial charge in [0.05, 0.1) is 18.9 Å². The summed E-state index contributed by atoms with van der Waals surface area (Å²) in [4.78, 5) is 11.2. The van der Waals surface area contributed by atoms with Crippen molar-refractivity contribution < 1.29 is 9.84 Å². The Hall–Kier alpha value is -1.20. The van der Waals surface area contributed by atoms with Crippen LogP contribution in [0.25, 0.3) is 0 Å². The first-order chi connectivity index (χ1) is 10.4. The first-order valence-electron chi connectivity index (χ1n) is 8.15. The molecule has 116 valence electrons. The van der Waals surface area contributed by atoms with Crippen molar-refractivity contribution in [3.05, 3.63) is 18.1 Å². The van der Waals surface area contributed by atoms with Crippen LogP contribution in [0.4, 0.5) is 5.82 Å². The molecule has 1 aromatic heterocycles. The Morgan fingerprint density at radius 2 is 2.05 bits per heavy atom. The minimum absolute atomic E-state index is 0.169. The Kier molecular flexibility index (Phi) is 5.04. The Morgan fingerprint density at radius 3 is 2.76 bits per heavy atom. The summed E-state index contributed by atoms with van der Waals surface area (Å²) in [6, 6.07) is 2.61. The monoisotopic (exact) mass is 291 g/mol. The highest BCUT2D eigenvalue weighted by atomic mass is 16.5. The summed E-state index contributed by atoms with van der Waals surface area (Å²) in [7, 11) is 0. The van der Waals surface area contributed by atoms with Gasteiger partial charge < -0.3 is 14.7 Å². The molecule has 1 saturated carbocycles. The van der Waals surface area contributed by atoms with Crippen LogP contribution in [-0.2, 0) is 4.74 Å². The second-order valence-corrected chi connectivity index (χ2v) is 6.07. The maximum atomic E-state index is 9.40. The molecule has 0 aromatic carbocycles. The molecule has 0 radical (unpaired) electrons. The van der Waals surface area contributed by atoms with Crippen molar-refractivity contribution in [3.63, 3.8) is 0 Å². The van der Waals surface area contributed by atoms with Gasteiger partial charge in [-0.3, -0.25) is 0 Å². The van der Waals surface area contributed by atoms with Gasteiger partial charge in [0.2, 0.25) is 0 Å². The molecule has 3 rings (SSSR count). The zero-order valence-corrected chi connectivity index (χ0v) is 12.6. The van der Waals surface area contributed by atoms with Gasteiger partial charge in [-0.05, 0) is 19.3 Å². The van der Waals surface area contributed by atoms with Crippen LogP contribution in [0.1, 0.15) is 50.1 Å². The fourth-order valence-corrected chi connectivity index (χ4v) is 3.49. The summed E-state index contributed by atoms with van der Waals surface area (Å²) in [5.41, 5.74) is 1.08. The van der Waals surface area contributed by atoms with E-state index < -0.39 is 0 Å². The van der Waals surface area contributed by atoms with E-state index in [4.69, 9.17) is 4.74 Å². The fourth-order valence-electron chi connectivity index (χ4n) is 3.49. The van der Waals surface area contributed by atoms with Crippen LogP contribution in [-0.4, -0.2) is 47.5 Å². The lowest BCUT2D eigenvalue weighted by atomic mass is 9.94. The summed E-state index contributed by atoms with van der Waals surface area (Å²) in [6.07, 6.45) is 8.99. The van der Waals surface area contributed by atoms with Crippen molar-refractivity contribution in [2.45, 2.75) is 50.5 Å². The zero-order chi connectivity index (χ0) is 14.5. The van der Waals surface area contributed by atoms with Gasteiger partial charge >= 0.3 is 0 Å². The molecule has 1 aliphatic carbocycles. The van der Waals surface area contributed by atoms with Crippen molar-refractivity contribution in [2.75, 3.05) is 31.3 Å².